The van der Waals surface area contributed by atoms with Crippen LogP contribution in [0.5, 0.6) is 0 Å². The Labute approximate surface area is 207 Å². The summed E-state index contributed by atoms with van der Waals surface area (Å²) in [7, 11) is 0. The van der Waals surface area contributed by atoms with Crippen molar-refractivity contribution in [2.75, 3.05) is 0 Å². The lowest BCUT2D eigenvalue weighted by Crippen LogP contribution is -1.96. The van der Waals surface area contributed by atoms with Gasteiger partial charge in [-0.05, 0) is 66.4 Å². The maximum Gasteiger partial charge on any atom is -0.00204 e. The maximum atomic E-state index is 2.30. The van der Waals surface area contributed by atoms with Crippen LogP contribution in [0.15, 0.2) is 127 Å². The fourth-order valence-electron chi connectivity index (χ4n) is 5.50. The van der Waals surface area contributed by atoms with Crippen molar-refractivity contribution in [2.24, 2.45) is 0 Å². The molecule has 0 aliphatic heterocycles. The van der Waals surface area contributed by atoms with Gasteiger partial charge in [0.05, 0.1) is 0 Å². The van der Waals surface area contributed by atoms with Gasteiger partial charge in [0.25, 0.3) is 0 Å². The second-order valence-corrected chi connectivity index (χ2v) is 9.52. The topological polar surface area (TPSA) is 0 Å². The van der Waals surface area contributed by atoms with Crippen LogP contribution >= 0.6 is 0 Å². The zero-order valence-electron chi connectivity index (χ0n) is 20.2. The van der Waals surface area contributed by atoms with Crippen LogP contribution in [0.3, 0.4) is 0 Å². The summed E-state index contributed by atoms with van der Waals surface area (Å²) in [6.45, 7) is 4.60. The van der Waals surface area contributed by atoms with E-state index in [-0.39, 0.29) is 0 Å². The van der Waals surface area contributed by atoms with Gasteiger partial charge in [-0.1, -0.05) is 141 Å². The molecule has 6 rings (SSSR count). The molecule has 6 aromatic carbocycles. The predicted molar refractivity (Wildman–Crippen MR) is 152 cm³/mol. The molecule has 168 valence electrons. The van der Waals surface area contributed by atoms with E-state index in [9.17, 15) is 0 Å². The van der Waals surface area contributed by atoms with Crippen molar-refractivity contribution < 1.29 is 0 Å². The third kappa shape index (κ3) is 3.72. The number of hydrogen-bond donors (Lipinski definition) is 0. The van der Waals surface area contributed by atoms with Gasteiger partial charge in [0, 0.05) is 0 Å². The van der Waals surface area contributed by atoms with Crippen molar-refractivity contribution in [3.05, 3.63) is 133 Å². The van der Waals surface area contributed by atoms with Crippen LogP contribution in [0.4, 0.5) is 0 Å². The van der Waals surface area contributed by atoms with E-state index in [0.29, 0.717) is 5.92 Å². The molecule has 0 bridgehead atoms. The van der Waals surface area contributed by atoms with Gasteiger partial charge >= 0.3 is 0 Å². The molecule has 0 N–H and O–H groups in total. The summed E-state index contributed by atoms with van der Waals surface area (Å²) < 4.78 is 0. The van der Waals surface area contributed by atoms with E-state index < -0.39 is 0 Å². The van der Waals surface area contributed by atoms with Gasteiger partial charge in [-0.3, -0.25) is 0 Å². The van der Waals surface area contributed by atoms with Gasteiger partial charge in [0.2, 0.25) is 0 Å². The quantitative estimate of drug-likeness (QED) is 0.235. The summed E-state index contributed by atoms with van der Waals surface area (Å²) in [5.74, 6) is 0.444. The molecule has 0 saturated heterocycles. The zero-order chi connectivity index (χ0) is 23.8. The molecule has 6 aromatic rings. The van der Waals surface area contributed by atoms with Crippen LogP contribution < -0.4 is 0 Å². The van der Waals surface area contributed by atoms with Gasteiger partial charge in [0.1, 0.15) is 0 Å². The van der Waals surface area contributed by atoms with Crippen molar-refractivity contribution >= 4 is 21.5 Å². The van der Waals surface area contributed by atoms with Crippen molar-refractivity contribution in [1.29, 1.82) is 0 Å². The molecule has 0 spiro atoms. The highest BCUT2D eigenvalue weighted by molar-refractivity contribution is 6.16. The number of fused-ring (bicyclic) bond motifs is 2. The summed E-state index contributed by atoms with van der Waals surface area (Å²) >= 11 is 0. The lowest BCUT2D eigenvalue weighted by atomic mass is 9.83. The van der Waals surface area contributed by atoms with Gasteiger partial charge in [-0.2, -0.15) is 0 Å². The Hall–Kier alpha value is -4.16. The van der Waals surface area contributed by atoms with E-state index in [1.807, 2.05) is 0 Å². The van der Waals surface area contributed by atoms with E-state index in [1.165, 1.54) is 60.5 Å². The predicted octanol–water partition coefficient (Wildman–Crippen LogP) is 10.1. The van der Waals surface area contributed by atoms with E-state index in [0.717, 1.165) is 0 Å². The van der Waals surface area contributed by atoms with E-state index in [4.69, 9.17) is 0 Å². The van der Waals surface area contributed by atoms with Gasteiger partial charge in [-0.25, -0.2) is 0 Å². The summed E-state index contributed by atoms with van der Waals surface area (Å²) in [5, 5.41) is 5.35. The number of rotatable bonds is 4. The second kappa shape index (κ2) is 8.89. The molecule has 0 fully saturated rings. The third-order valence-electron chi connectivity index (χ3n) is 7.05. The Morgan fingerprint density at radius 3 is 1.37 bits per heavy atom. The lowest BCUT2D eigenvalue weighted by Gasteiger charge is -2.21. The minimum Gasteiger partial charge on any atom is -0.0622 e. The Kier molecular flexibility index (Phi) is 5.43. The maximum absolute atomic E-state index is 2.30. The third-order valence-corrected chi connectivity index (χ3v) is 7.05. The fraction of sp³-hybridized carbons (Fsp3) is 0.0857. The number of hydrogen-bond acceptors (Lipinski definition) is 0. The molecule has 0 aliphatic carbocycles. The SMILES string of the molecule is CC(C)c1c2ccccc2c(-c2ccccc2-c2ccc(-c3ccccc3)cc2)c2ccccc12. The minimum atomic E-state index is 0.444. The van der Waals surface area contributed by atoms with Crippen LogP contribution in [-0.4, -0.2) is 0 Å². The summed E-state index contributed by atoms with van der Waals surface area (Å²) in [6.07, 6.45) is 0. The standard InChI is InChI=1S/C35H28/c1-24(2)34-30-16-8-10-18-32(30)35(33-19-11-9-17-31(33)34)29-15-7-6-14-28(29)27-22-20-26(21-23-27)25-12-4-3-5-13-25/h3-24H,1-2H3. The summed E-state index contributed by atoms with van der Waals surface area (Å²) in [5.41, 5.74) is 9.02. The summed E-state index contributed by atoms with van der Waals surface area (Å²) in [4.78, 5) is 0. The molecule has 0 aromatic heterocycles. The summed E-state index contributed by atoms with van der Waals surface area (Å²) in [6, 6.07) is 46.2. The first-order valence-electron chi connectivity index (χ1n) is 12.4. The van der Waals surface area contributed by atoms with Gasteiger partial charge in [0.15, 0.2) is 0 Å². The highest BCUT2D eigenvalue weighted by Gasteiger charge is 2.18. The van der Waals surface area contributed by atoms with E-state index in [2.05, 4.69) is 141 Å². The average Bonchev–Trinajstić information content (AvgIpc) is 2.92. The molecule has 35 heavy (non-hydrogen) atoms. The largest absolute Gasteiger partial charge is 0.0622 e. The lowest BCUT2D eigenvalue weighted by molar-refractivity contribution is 0.885. The Balaban J connectivity index is 1.61. The minimum absolute atomic E-state index is 0.444. The molecule has 0 radical (unpaired) electrons. The zero-order valence-corrected chi connectivity index (χ0v) is 20.2. The van der Waals surface area contributed by atoms with Gasteiger partial charge < -0.3 is 0 Å². The van der Waals surface area contributed by atoms with Crippen molar-refractivity contribution in [1.82, 2.24) is 0 Å². The first kappa shape index (κ1) is 21.4. The van der Waals surface area contributed by atoms with E-state index in [1.54, 1.807) is 0 Å². The molecule has 0 aliphatic rings. The van der Waals surface area contributed by atoms with Crippen molar-refractivity contribution in [2.45, 2.75) is 19.8 Å². The number of benzene rings is 6. The van der Waals surface area contributed by atoms with Crippen LogP contribution in [0.2, 0.25) is 0 Å². The highest BCUT2D eigenvalue weighted by Crippen LogP contribution is 2.44. The normalized spacial score (nSPS) is 11.4. The smallest absolute Gasteiger partial charge is 0.00204 e. The van der Waals surface area contributed by atoms with Gasteiger partial charge in [-0.15, -0.1) is 0 Å². The Bertz CT molecular complexity index is 1580. The monoisotopic (exact) mass is 448 g/mol. The fourth-order valence-corrected chi connectivity index (χ4v) is 5.50. The molecule has 0 heteroatoms. The Morgan fingerprint density at radius 2 is 0.800 bits per heavy atom. The molecule has 0 amide bonds. The second-order valence-electron chi connectivity index (χ2n) is 9.52. The van der Waals surface area contributed by atoms with Crippen LogP contribution in [-0.2, 0) is 0 Å². The van der Waals surface area contributed by atoms with Crippen LogP contribution in [0, 0.1) is 0 Å². The van der Waals surface area contributed by atoms with Crippen LogP contribution in [0.25, 0.3) is 54.9 Å². The highest BCUT2D eigenvalue weighted by atomic mass is 14.2. The van der Waals surface area contributed by atoms with Crippen molar-refractivity contribution in [3.63, 3.8) is 0 Å². The Morgan fingerprint density at radius 1 is 0.371 bits per heavy atom. The average molecular weight is 449 g/mol. The van der Waals surface area contributed by atoms with Crippen molar-refractivity contribution in [3.8, 4) is 33.4 Å². The molecule has 0 heterocycles. The molecule has 0 nitrogen and oxygen atoms in total. The van der Waals surface area contributed by atoms with E-state index >= 15 is 0 Å². The molecule has 0 atom stereocenters. The first-order valence-corrected chi connectivity index (χ1v) is 12.4. The molecular weight excluding hydrogens is 420 g/mol. The molecule has 0 unspecified atom stereocenters. The first-order chi connectivity index (χ1) is 17.2. The molecular formula is C35H28. The van der Waals surface area contributed by atoms with Crippen LogP contribution in [0.1, 0.15) is 25.3 Å². The molecule has 0 saturated carbocycles.